The molecule has 5 nitrogen and oxygen atoms in total. The van der Waals surface area contributed by atoms with Gasteiger partial charge in [0.25, 0.3) is 0 Å². The molecule has 0 fully saturated rings. The molecule has 0 aliphatic heterocycles. The summed E-state index contributed by atoms with van der Waals surface area (Å²) in [6.45, 7) is 2.73. The van der Waals surface area contributed by atoms with Crippen molar-refractivity contribution in [3.05, 3.63) is 34.3 Å². The van der Waals surface area contributed by atoms with E-state index in [1.807, 2.05) is 6.92 Å². The Hall–Kier alpha value is -1.66. The molecule has 2 aromatic rings. The second-order valence-electron chi connectivity index (χ2n) is 3.96. The Morgan fingerprint density at radius 1 is 1.10 bits per heavy atom. The topological polar surface area (TPSA) is 62.7 Å². The van der Waals surface area contributed by atoms with Gasteiger partial charge in [-0.25, -0.2) is 4.39 Å². The van der Waals surface area contributed by atoms with Gasteiger partial charge in [-0.05, 0) is 36.2 Å². The highest BCUT2D eigenvalue weighted by Gasteiger charge is 2.06. The molecular weight excluding hydrogens is 304 g/mol. The van der Waals surface area contributed by atoms with Gasteiger partial charge in [-0.2, -0.15) is 15.0 Å². The number of rotatable bonds is 5. The molecule has 0 aliphatic rings. The summed E-state index contributed by atoms with van der Waals surface area (Å²) < 4.78 is 13.2. The van der Waals surface area contributed by atoms with Crippen molar-refractivity contribution in [2.75, 3.05) is 17.2 Å². The van der Waals surface area contributed by atoms with Gasteiger partial charge in [-0.3, -0.25) is 0 Å². The van der Waals surface area contributed by atoms with Gasteiger partial charge >= 0.3 is 0 Å². The fourth-order valence-electron chi connectivity index (χ4n) is 1.48. The normalized spacial score (nSPS) is 10.4. The minimum Gasteiger partial charge on any atom is -0.354 e. The minimum absolute atomic E-state index is 0.0450. The van der Waals surface area contributed by atoms with Crippen molar-refractivity contribution in [2.24, 2.45) is 0 Å². The van der Waals surface area contributed by atoms with E-state index in [9.17, 15) is 4.39 Å². The van der Waals surface area contributed by atoms with E-state index in [0.717, 1.165) is 6.42 Å². The number of aromatic nitrogens is 3. The Kier molecular flexibility index (Phi) is 4.92. The molecule has 0 spiro atoms. The Labute approximate surface area is 125 Å². The Bertz CT molecular complexity index is 588. The standard InChI is InChI=1S/C12H12Cl2FN5/c1-2-3-16-11-18-10(14)19-12(20-11)17-9-5-7(13)4-8(15)6-9/h4-6H,2-3H2,1H3,(H2,16,17,18,19,20). The molecule has 106 valence electrons. The number of hydrogen-bond donors (Lipinski definition) is 2. The van der Waals surface area contributed by atoms with Crippen LogP contribution in [0.5, 0.6) is 0 Å². The van der Waals surface area contributed by atoms with Crippen LogP contribution in [0.1, 0.15) is 13.3 Å². The molecule has 8 heteroatoms. The lowest BCUT2D eigenvalue weighted by Crippen LogP contribution is -2.07. The summed E-state index contributed by atoms with van der Waals surface area (Å²) in [5.41, 5.74) is 0.429. The third-order valence-corrected chi connectivity index (χ3v) is 2.65. The highest BCUT2D eigenvalue weighted by atomic mass is 35.5. The molecule has 0 unspecified atom stereocenters. The lowest BCUT2D eigenvalue weighted by molar-refractivity contribution is 0.628. The second kappa shape index (κ2) is 6.67. The zero-order valence-corrected chi connectivity index (χ0v) is 12.1. The van der Waals surface area contributed by atoms with Gasteiger partial charge in [-0.1, -0.05) is 18.5 Å². The molecule has 2 N–H and O–H groups in total. The van der Waals surface area contributed by atoms with Crippen LogP contribution in [0.3, 0.4) is 0 Å². The van der Waals surface area contributed by atoms with Crippen molar-refractivity contribution in [3.8, 4) is 0 Å². The maximum Gasteiger partial charge on any atom is 0.233 e. The summed E-state index contributed by atoms with van der Waals surface area (Å²) in [6, 6.07) is 4.05. The highest BCUT2D eigenvalue weighted by molar-refractivity contribution is 6.30. The van der Waals surface area contributed by atoms with Crippen molar-refractivity contribution in [2.45, 2.75) is 13.3 Å². The van der Waals surface area contributed by atoms with Gasteiger partial charge in [-0.15, -0.1) is 0 Å². The highest BCUT2D eigenvalue weighted by Crippen LogP contribution is 2.21. The fraction of sp³-hybridized carbons (Fsp3) is 0.250. The Morgan fingerprint density at radius 2 is 1.85 bits per heavy atom. The fourth-order valence-corrected chi connectivity index (χ4v) is 1.86. The summed E-state index contributed by atoms with van der Waals surface area (Å²) in [5, 5.41) is 6.15. The first kappa shape index (κ1) is 14.7. The van der Waals surface area contributed by atoms with Crippen LogP contribution in [0.4, 0.5) is 22.0 Å². The first-order valence-corrected chi connectivity index (χ1v) is 6.71. The molecule has 1 heterocycles. The minimum atomic E-state index is -0.454. The summed E-state index contributed by atoms with van der Waals surface area (Å²) in [4.78, 5) is 12.0. The quantitative estimate of drug-likeness (QED) is 0.876. The van der Waals surface area contributed by atoms with Crippen LogP contribution in [0, 0.1) is 5.82 Å². The van der Waals surface area contributed by atoms with Gasteiger partial charge in [0, 0.05) is 17.3 Å². The van der Waals surface area contributed by atoms with E-state index in [1.54, 1.807) is 6.07 Å². The van der Waals surface area contributed by atoms with Gasteiger partial charge in [0.15, 0.2) is 0 Å². The van der Waals surface area contributed by atoms with E-state index in [-0.39, 0.29) is 16.3 Å². The van der Waals surface area contributed by atoms with Gasteiger partial charge in [0.2, 0.25) is 17.2 Å². The van der Waals surface area contributed by atoms with Crippen LogP contribution >= 0.6 is 23.2 Å². The smallest absolute Gasteiger partial charge is 0.233 e. The molecule has 1 aromatic carbocycles. The number of nitrogens with one attached hydrogen (secondary N) is 2. The second-order valence-corrected chi connectivity index (χ2v) is 4.74. The SMILES string of the molecule is CCCNc1nc(Cl)nc(Nc2cc(F)cc(Cl)c2)n1. The largest absolute Gasteiger partial charge is 0.354 e. The predicted molar refractivity (Wildman–Crippen MR) is 78.3 cm³/mol. The first-order chi connectivity index (χ1) is 9.56. The molecule has 2 rings (SSSR count). The lowest BCUT2D eigenvalue weighted by Gasteiger charge is -2.08. The molecule has 0 atom stereocenters. The monoisotopic (exact) mass is 315 g/mol. The summed E-state index contributed by atoms with van der Waals surface area (Å²) in [7, 11) is 0. The maximum absolute atomic E-state index is 13.2. The van der Waals surface area contributed by atoms with E-state index >= 15 is 0 Å². The third kappa shape index (κ3) is 4.18. The summed E-state index contributed by atoms with van der Waals surface area (Å²) in [6.07, 6.45) is 0.922. The van der Waals surface area contributed by atoms with E-state index in [4.69, 9.17) is 23.2 Å². The van der Waals surface area contributed by atoms with Crippen molar-refractivity contribution < 1.29 is 4.39 Å². The van der Waals surface area contributed by atoms with Crippen LogP contribution in [0.15, 0.2) is 18.2 Å². The van der Waals surface area contributed by atoms with E-state index < -0.39 is 5.82 Å². The van der Waals surface area contributed by atoms with Crippen LogP contribution < -0.4 is 10.6 Å². The van der Waals surface area contributed by atoms with E-state index in [1.165, 1.54) is 12.1 Å². The summed E-state index contributed by atoms with van der Waals surface area (Å²) in [5.74, 6) is 0.117. The Balaban J connectivity index is 2.21. The molecule has 20 heavy (non-hydrogen) atoms. The average molecular weight is 316 g/mol. The van der Waals surface area contributed by atoms with Crippen molar-refractivity contribution in [1.29, 1.82) is 0 Å². The molecule has 0 aliphatic carbocycles. The van der Waals surface area contributed by atoms with Gasteiger partial charge < -0.3 is 10.6 Å². The average Bonchev–Trinajstić information content (AvgIpc) is 2.34. The number of halogens is 3. The van der Waals surface area contributed by atoms with Crippen LogP contribution in [0.2, 0.25) is 10.3 Å². The van der Waals surface area contributed by atoms with Crippen molar-refractivity contribution in [3.63, 3.8) is 0 Å². The van der Waals surface area contributed by atoms with Gasteiger partial charge in [0.05, 0.1) is 0 Å². The molecule has 0 bridgehead atoms. The predicted octanol–water partition coefficient (Wildman–Crippen LogP) is 3.88. The van der Waals surface area contributed by atoms with Crippen LogP contribution in [-0.4, -0.2) is 21.5 Å². The number of benzene rings is 1. The van der Waals surface area contributed by atoms with E-state index in [2.05, 4.69) is 25.6 Å². The van der Waals surface area contributed by atoms with Crippen molar-refractivity contribution in [1.82, 2.24) is 15.0 Å². The molecule has 0 radical (unpaired) electrons. The van der Waals surface area contributed by atoms with Crippen molar-refractivity contribution >= 4 is 40.8 Å². The zero-order valence-electron chi connectivity index (χ0n) is 10.6. The van der Waals surface area contributed by atoms with E-state index in [0.29, 0.717) is 18.2 Å². The number of anilines is 3. The Morgan fingerprint density at radius 3 is 2.55 bits per heavy atom. The molecular formula is C12H12Cl2FN5. The lowest BCUT2D eigenvalue weighted by atomic mass is 10.3. The molecule has 0 saturated carbocycles. The maximum atomic E-state index is 13.2. The first-order valence-electron chi connectivity index (χ1n) is 5.95. The molecule has 0 amide bonds. The molecule has 1 aromatic heterocycles. The number of hydrogen-bond acceptors (Lipinski definition) is 5. The van der Waals surface area contributed by atoms with Crippen LogP contribution in [0.25, 0.3) is 0 Å². The third-order valence-electron chi connectivity index (χ3n) is 2.26. The zero-order chi connectivity index (χ0) is 14.5. The number of nitrogens with zero attached hydrogens (tertiary/aromatic N) is 3. The van der Waals surface area contributed by atoms with Gasteiger partial charge in [0.1, 0.15) is 5.82 Å². The molecule has 0 saturated heterocycles. The van der Waals surface area contributed by atoms with Crippen LogP contribution in [-0.2, 0) is 0 Å². The summed E-state index contributed by atoms with van der Waals surface area (Å²) >= 11 is 11.6.